The van der Waals surface area contributed by atoms with E-state index >= 15 is 0 Å². The molecule has 0 aromatic heterocycles. The van der Waals surface area contributed by atoms with Crippen molar-refractivity contribution in [2.24, 2.45) is 5.92 Å². The fraction of sp³-hybridized carbons (Fsp3) is 0.538. The molecule has 19 heavy (non-hydrogen) atoms. The SMILES string of the molecule is Cc1ccc(S(=O)(=O)NCC[C@@H]2CCNC2)c(Br)c1. The maximum Gasteiger partial charge on any atom is 0.241 e. The van der Waals surface area contributed by atoms with Crippen molar-refractivity contribution in [3.63, 3.8) is 0 Å². The highest BCUT2D eigenvalue weighted by molar-refractivity contribution is 9.10. The van der Waals surface area contributed by atoms with E-state index in [1.54, 1.807) is 12.1 Å². The van der Waals surface area contributed by atoms with Crippen LogP contribution in [0.15, 0.2) is 27.6 Å². The Kier molecular flexibility index (Phi) is 5.00. The first kappa shape index (κ1) is 15.0. The zero-order valence-electron chi connectivity index (χ0n) is 10.9. The molecule has 0 aliphatic carbocycles. The van der Waals surface area contributed by atoms with E-state index in [-0.39, 0.29) is 0 Å². The van der Waals surface area contributed by atoms with Crippen molar-refractivity contribution in [3.05, 3.63) is 28.2 Å². The Morgan fingerprint density at radius 2 is 2.26 bits per heavy atom. The number of hydrogen-bond acceptors (Lipinski definition) is 3. The Balaban J connectivity index is 1.97. The van der Waals surface area contributed by atoms with Crippen molar-refractivity contribution in [2.75, 3.05) is 19.6 Å². The second-order valence-corrected chi connectivity index (χ2v) is 7.57. The molecular weight excluding hydrogens is 328 g/mol. The number of aryl methyl sites for hydroxylation is 1. The van der Waals surface area contributed by atoms with Crippen molar-refractivity contribution in [1.29, 1.82) is 0 Å². The van der Waals surface area contributed by atoms with Crippen LogP contribution in [0, 0.1) is 12.8 Å². The van der Waals surface area contributed by atoms with Crippen LogP contribution in [-0.4, -0.2) is 28.1 Å². The Morgan fingerprint density at radius 1 is 1.47 bits per heavy atom. The fourth-order valence-electron chi connectivity index (χ4n) is 2.26. The highest BCUT2D eigenvalue weighted by atomic mass is 79.9. The van der Waals surface area contributed by atoms with Crippen molar-refractivity contribution < 1.29 is 8.42 Å². The molecule has 1 aromatic carbocycles. The lowest BCUT2D eigenvalue weighted by Gasteiger charge is -2.11. The van der Waals surface area contributed by atoms with Crippen LogP contribution in [0.4, 0.5) is 0 Å². The maximum atomic E-state index is 12.2. The van der Waals surface area contributed by atoms with Gasteiger partial charge in [0.25, 0.3) is 0 Å². The van der Waals surface area contributed by atoms with E-state index in [1.807, 2.05) is 13.0 Å². The summed E-state index contributed by atoms with van der Waals surface area (Å²) in [5.41, 5.74) is 1.03. The molecule has 1 fully saturated rings. The number of rotatable bonds is 5. The summed E-state index contributed by atoms with van der Waals surface area (Å²) in [6.07, 6.45) is 2.02. The molecule has 106 valence electrons. The molecular formula is C13H19BrN2O2S. The first-order valence-corrected chi connectivity index (χ1v) is 8.73. The van der Waals surface area contributed by atoms with E-state index in [1.165, 1.54) is 0 Å². The quantitative estimate of drug-likeness (QED) is 0.857. The summed E-state index contributed by atoms with van der Waals surface area (Å²) < 4.78 is 27.7. The van der Waals surface area contributed by atoms with Gasteiger partial charge in [0, 0.05) is 11.0 Å². The van der Waals surface area contributed by atoms with Gasteiger partial charge in [-0.05, 0) is 72.4 Å². The predicted molar refractivity (Wildman–Crippen MR) is 79.7 cm³/mol. The van der Waals surface area contributed by atoms with Crippen LogP contribution < -0.4 is 10.0 Å². The van der Waals surface area contributed by atoms with Crippen molar-refractivity contribution >= 4 is 26.0 Å². The van der Waals surface area contributed by atoms with Gasteiger partial charge in [0.2, 0.25) is 10.0 Å². The minimum Gasteiger partial charge on any atom is -0.316 e. The minimum atomic E-state index is -3.42. The van der Waals surface area contributed by atoms with Crippen LogP contribution in [0.2, 0.25) is 0 Å². The molecule has 0 unspecified atom stereocenters. The molecule has 2 rings (SSSR count). The molecule has 1 saturated heterocycles. The molecule has 1 aromatic rings. The van der Waals surface area contributed by atoms with Crippen LogP contribution in [0.3, 0.4) is 0 Å². The molecule has 0 bridgehead atoms. The molecule has 4 nitrogen and oxygen atoms in total. The van der Waals surface area contributed by atoms with Crippen LogP contribution in [0.25, 0.3) is 0 Å². The Morgan fingerprint density at radius 3 is 2.89 bits per heavy atom. The van der Waals surface area contributed by atoms with Crippen LogP contribution in [0.5, 0.6) is 0 Å². The monoisotopic (exact) mass is 346 g/mol. The summed E-state index contributed by atoms with van der Waals surface area (Å²) in [4.78, 5) is 0.308. The zero-order valence-corrected chi connectivity index (χ0v) is 13.4. The lowest BCUT2D eigenvalue weighted by molar-refractivity contribution is 0.519. The van der Waals surface area contributed by atoms with Gasteiger partial charge in [-0.25, -0.2) is 13.1 Å². The Labute approximate surface area is 123 Å². The zero-order chi connectivity index (χ0) is 13.9. The molecule has 1 heterocycles. The van der Waals surface area contributed by atoms with Crippen molar-refractivity contribution in [2.45, 2.75) is 24.7 Å². The van der Waals surface area contributed by atoms with Gasteiger partial charge < -0.3 is 5.32 Å². The normalized spacial score (nSPS) is 19.8. The second-order valence-electron chi connectivity index (χ2n) is 4.98. The van der Waals surface area contributed by atoms with E-state index in [0.29, 0.717) is 21.8 Å². The molecule has 1 aliphatic heterocycles. The van der Waals surface area contributed by atoms with Gasteiger partial charge in [0.1, 0.15) is 0 Å². The standard InChI is InChI=1S/C13H19BrN2O2S/c1-10-2-3-13(12(14)8-10)19(17,18)16-7-5-11-4-6-15-9-11/h2-3,8,11,15-16H,4-7,9H2,1H3/t11-/m0/s1. The maximum absolute atomic E-state index is 12.2. The molecule has 2 N–H and O–H groups in total. The number of halogens is 1. The Hall–Kier alpha value is -0.430. The summed E-state index contributed by atoms with van der Waals surface area (Å²) >= 11 is 3.31. The molecule has 0 spiro atoms. The molecule has 1 aliphatic rings. The largest absolute Gasteiger partial charge is 0.316 e. The average Bonchev–Trinajstić information content (AvgIpc) is 2.81. The third-order valence-corrected chi connectivity index (χ3v) is 5.82. The highest BCUT2D eigenvalue weighted by Crippen LogP contribution is 2.23. The molecule has 0 saturated carbocycles. The third-order valence-electron chi connectivity index (χ3n) is 3.38. The number of nitrogens with one attached hydrogen (secondary N) is 2. The minimum absolute atomic E-state index is 0.308. The highest BCUT2D eigenvalue weighted by Gasteiger charge is 2.19. The number of hydrogen-bond donors (Lipinski definition) is 2. The Bertz CT molecular complexity index is 540. The smallest absolute Gasteiger partial charge is 0.241 e. The summed E-state index contributed by atoms with van der Waals surface area (Å²) in [6.45, 7) is 4.47. The van der Waals surface area contributed by atoms with E-state index in [2.05, 4.69) is 26.0 Å². The number of benzene rings is 1. The van der Waals surface area contributed by atoms with E-state index in [9.17, 15) is 8.42 Å². The van der Waals surface area contributed by atoms with Gasteiger partial charge in [-0.2, -0.15) is 0 Å². The van der Waals surface area contributed by atoms with Crippen LogP contribution in [0.1, 0.15) is 18.4 Å². The first-order valence-electron chi connectivity index (χ1n) is 6.45. The lowest BCUT2D eigenvalue weighted by atomic mass is 10.1. The van der Waals surface area contributed by atoms with E-state index in [4.69, 9.17) is 0 Å². The predicted octanol–water partition coefficient (Wildman–Crippen LogP) is 2.04. The van der Waals surface area contributed by atoms with E-state index < -0.39 is 10.0 Å². The van der Waals surface area contributed by atoms with Gasteiger partial charge in [0.05, 0.1) is 4.90 Å². The average molecular weight is 347 g/mol. The first-order chi connectivity index (χ1) is 8.99. The fourth-order valence-corrected chi connectivity index (χ4v) is 4.50. The number of sulfonamides is 1. The van der Waals surface area contributed by atoms with Crippen molar-refractivity contribution in [1.82, 2.24) is 10.0 Å². The van der Waals surface area contributed by atoms with E-state index in [0.717, 1.165) is 31.5 Å². The summed E-state index contributed by atoms with van der Waals surface area (Å²) in [7, 11) is -3.42. The molecule has 6 heteroatoms. The topological polar surface area (TPSA) is 58.2 Å². The van der Waals surface area contributed by atoms with Gasteiger partial charge in [-0.3, -0.25) is 0 Å². The third kappa shape index (κ3) is 4.02. The van der Waals surface area contributed by atoms with Crippen molar-refractivity contribution in [3.8, 4) is 0 Å². The second kappa shape index (κ2) is 6.35. The lowest BCUT2D eigenvalue weighted by Crippen LogP contribution is -2.27. The summed E-state index contributed by atoms with van der Waals surface area (Å²) in [5.74, 6) is 0.587. The van der Waals surface area contributed by atoms with Gasteiger partial charge in [-0.1, -0.05) is 6.07 Å². The summed E-state index contributed by atoms with van der Waals surface area (Å²) in [6, 6.07) is 5.26. The van der Waals surface area contributed by atoms with Crippen LogP contribution >= 0.6 is 15.9 Å². The van der Waals surface area contributed by atoms with Gasteiger partial charge in [0.15, 0.2) is 0 Å². The molecule has 0 radical (unpaired) electrons. The molecule has 0 amide bonds. The van der Waals surface area contributed by atoms with Gasteiger partial charge >= 0.3 is 0 Å². The van der Waals surface area contributed by atoms with Crippen LogP contribution in [-0.2, 0) is 10.0 Å². The summed E-state index contributed by atoms with van der Waals surface area (Å²) in [5, 5.41) is 3.28. The molecule has 1 atom stereocenters. The van der Waals surface area contributed by atoms with Gasteiger partial charge in [-0.15, -0.1) is 0 Å².